The normalized spacial score (nSPS) is 10.8. The van der Waals surface area contributed by atoms with Crippen LogP contribution in [0.3, 0.4) is 0 Å². The molecule has 0 fully saturated rings. The molecule has 0 spiro atoms. The average Bonchev–Trinajstić information content (AvgIpc) is 1.93. The number of hydrogen-bond acceptors (Lipinski definition) is 18. The molecule has 14 aromatic rings. The van der Waals surface area contributed by atoms with Gasteiger partial charge in [0.25, 0.3) is 17.1 Å². The van der Waals surface area contributed by atoms with E-state index in [0.717, 1.165) is 49.6 Å². The molecule has 2 amide bonds. The first-order valence-corrected chi connectivity index (χ1v) is 30.1. The quantitative estimate of drug-likeness (QED) is 0.0826. The number of carbonyl (C=O) groups is 4. The van der Waals surface area contributed by atoms with Crippen LogP contribution in [0.15, 0.2) is 220 Å². The lowest BCUT2D eigenvalue weighted by Gasteiger charge is -2.10. The number of benzene rings is 4. The number of aromatic nitrogens is 16. The first-order valence-electron chi connectivity index (χ1n) is 29.8. The van der Waals surface area contributed by atoms with Gasteiger partial charge in [0.05, 0.1) is 27.6 Å². The average molecular weight is 1280 g/mol. The Balaban J connectivity index is 0.000000135. The van der Waals surface area contributed by atoms with Crippen molar-refractivity contribution >= 4 is 95.7 Å². The summed E-state index contributed by atoms with van der Waals surface area (Å²) < 4.78 is 5.83. The van der Waals surface area contributed by atoms with Crippen LogP contribution in [0, 0.1) is 0 Å². The number of amides is 2. The number of anilines is 3. The van der Waals surface area contributed by atoms with Gasteiger partial charge in [-0.2, -0.15) is 0 Å². The van der Waals surface area contributed by atoms with Crippen molar-refractivity contribution in [2.24, 2.45) is 0 Å². The predicted molar refractivity (Wildman–Crippen MR) is 365 cm³/mol. The number of carbonyl (C=O) groups excluding carboxylic acids is 3. The fraction of sp³-hybridized carbons (Fsp3) is 0.129. The number of nitrogens with one attached hydrogen (secondary N) is 2. The van der Waals surface area contributed by atoms with Gasteiger partial charge >= 0.3 is 5.97 Å². The molecule has 24 nitrogen and oxygen atoms in total. The number of nitrogen functional groups attached to an aromatic ring is 1. The molecule has 0 saturated heterocycles. The molecule has 0 aliphatic rings. The van der Waals surface area contributed by atoms with E-state index in [-0.39, 0.29) is 29.5 Å². The van der Waals surface area contributed by atoms with Crippen molar-refractivity contribution in [3.63, 3.8) is 0 Å². The van der Waals surface area contributed by atoms with E-state index in [1.807, 2.05) is 145 Å². The fourth-order valence-corrected chi connectivity index (χ4v) is 9.54. The zero-order chi connectivity index (χ0) is 67.0. The van der Waals surface area contributed by atoms with Gasteiger partial charge in [0.2, 0.25) is 0 Å². The highest BCUT2D eigenvalue weighted by Crippen LogP contribution is 2.25. The summed E-state index contributed by atoms with van der Waals surface area (Å²) in [7, 11) is 0. The van der Waals surface area contributed by atoms with Crippen LogP contribution in [-0.2, 0) is 0 Å². The number of carboxylic acids is 1. The minimum atomic E-state index is -0.924. The van der Waals surface area contributed by atoms with Crippen molar-refractivity contribution < 1.29 is 24.3 Å². The highest BCUT2D eigenvalue weighted by atomic mass is 35.5. The van der Waals surface area contributed by atoms with E-state index < -0.39 is 11.2 Å². The molecular formula is C70H62ClN19O5. The molecule has 0 aliphatic carbocycles. The lowest BCUT2D eigenvalue weighted by atomic mass is 10.1. The smallest absolute Gasteiger partial charge is 0.335 e. The number of pyridine rings is 7. The number of rotatable bonds is 12. The molecule has 10 heterocycles. The summed E-state index contributed by atoms with van der Waals surface area (Å²) in [6, 6.07) is 53.2. The van der Waals surface area contributed by atoms with Crippen LogP contribution >= 0.6 is 11.6 Å². The van der Waals surface area contributed by atoms with Crippen molar-refractivity contribution in [3.05, 3.63) is 242 Å². The second-order valence-corrected chi connectivity index (χ2v) is 22.2. The van der Waals surface area contributed by atoms with Crippen LogP contribution in [0.4, 0.5) is 17.5 Å². The SMILES string of the molecule is CC(C)n1cnnc1-c1cccc(N)n1.CC(C)n1cnnc1-c1cccc(NC(=O)c2ccc3cccnc3c2)n1.CC(C)n1cnnc1-c1cccc(NC(=O)c2ccc3cccnc3c2)n1.O=C(Cl)c1ccc2cccnc2c1.O=C(O)c1ccc2cccnc2c1. The third-order valence-corrected chi connectivity index (χ3v) is 14.5. The number of carboxylic acid groups (broad SMARTS) is 1. The highest BCUT2D eigenvalue weighted by molar-refractivity contribution is 6.67. The summed E-state index contributed by atoms with van der Waals surface area (Å²) in [4.78, 5) is 76.7. The molecule has 25 heteroatoms. The monoisotopic (exact) mass is 1280 g/mol. The zero-order valence-corrected chi connectivity index (χ0v) is 53.0. The largest absolute Gasteiger partial charge is 0.478 e. The number of hydrogen-bond donors (Lipinski definition) is 4. The summed E-state index contributed by atoms with van der Waals surface area (Å²) in [6.45, 7) is 12.3. The van der Waals surface area contributed by atoms with Crippen LogP contribution in [0.2, 0.25) is 0 Å². The number of fused-ring (bicyclic) bond motifs is 4. The first-order chi connectivity index (χ1) is 46.0. The van der Waals surface area contributed by atoms with Gasteiger partial charge in [0, 0.05) is 81.1 Å². The van der Waals surface area contributed by atoms with E-state index >= 15 is 0 Å². The molecule has 474 valence electrons. The molecule has 5 N–H and O–H groups in total. The predicted octanol–water partition coefficient (Wildman–Crippen LogP) is 13.5. The lowest BCUT2D eigenvalue weighted by Crippen LogP contribution is -2.13. The second kappa shape index (κ2) is 30.6. The molecule has 0 radical (unpaired) electrons. The Morgan fingerprint density at radius 3 is 1.08 bits per heavy atom. The zero-order valence-electron chi connectivity index (χ0n) is 52.2. The number of aromatic carboxylic acids is 1. The molecular weight excluding hydrogens is 1220 g/mol. The van der Waals surface area contributed by atoms with E-state index in [1.54, 1.807) is 117 Å². The summed E-state index contributed by atoms with van der Waals surface area (Å²) in [5.74, 6) is 2.08. The molecule has 0 atom stereocenters. The molecule has 0 aliphatic heterocycles. The van der Waals surface area contributed by atoms with Crippen LogP contribution < -0.4 is 16.4 Å². The van der Waals surface area contributed by atoms with Gasteiger partial charge in [-0.1, -0.05) is 66.7 Å². The Morgan fingerprint density at radius 2 is 0.737 bits per heavy atom. The summed E-state index contributed by atoms with van der Waals surface area (Å²) in [6.07, 6.45) is 11.8. The van der Waals surface area contributed by atoms with E-state index in [0.29, 0.717) is 68.7 Å². The molecule has 0 saturated carbocycles. The Kier molecular flexibility index (Phi) is 21.1. The third kappa shape index (κ3) is 16.8. The Morgan fingerprint density at radius 1 is 0.411 bits per heavy atom. The van der Waals surface area contributed by atoms with Crippen LogP contribution in [0.5, 0.6) is 0 Å². The van der Waals surface area contributed by atoms with Crippen molar-refractivity contribution in [1.29, 1.82) is 0 Å². The van der Waals surface area contributed by atoms with E-state index in [9.17, 15) is 19.2 Å². The second-order valence-electron chi connectivity index (χ2n) is 21.9. The third-order valence-electron chi connectivity index (χ3n) is 14.2. The molecule has 0 bridgehead atoms. The van der Waals surface area contributed by atoms with Gasteiger partial charge < -0.3 is 35.2 Å². The van der Waals surface area contributed by atoms with Gasteiger partial charge in [-0.3, -0.25) is 34.3 Å². The van der Waals surface area contributed by atoms with Gasteiger partial charge in [-0.25, -0.2) is 19.7 Å². The fourth-order valence-electron chi connectivity index (χ4n) is 9.43. The van der Waals surface area contributed by atoms with Crippen LogP contribution in [-0.4, -0.2) is 107 Å². The molecule has 0 unspecified atom stereocenters. The molecule has 95 heavy (non-hydrogen) atoms. The van der Waals surface area contributed by atoms with Crippen molar-refractivity contribution in [2.45, 2.75) is 59.7 Å². The molecule has 4 aromatic carbocycles. The topological polar surface area (TPSA) is 321 Å². The van der Waals surface area contributed by atoms with Crippen molar-refractivity contribution in [3.8, 4) is 34.6 Å². The van der Waals surface area contributed by atoms with Gasteiger partial charge in [-0.15, -0.1) is 30.6 Å². The number of nitrogens with two attached hydrogens (primary N) is 1. The Bertz CT molecular complexity index is 4760. The Hall–Kier alpha value is -12.4. The maximum absolute atomic E-state index is 12.6. The van der Waals surface area contributed by atoms with Gasteiger partial charge in [0.15, 0.2) is 17.5 Å². The number of halogens is 1. The molecule has 10 aromatic heterocycles. The maximum atomic E-state index is 12.6. The minimum Gasteiger partial charge on any atom is -0.478 e. The van der Waals surface area contributed by atoms with Crippen molar-refractivity contribution in [1.82, 2.24) is 79.2 Å². The minimum absolute atomic E-state index is 0.208. The first kappa shape index (κ1) is 65.5. The Labute approximate surface area is 549 Å². The van der Waals surface area contributed by atoms with Crippen LogP contribution in [0.25, 0.3) is 78.2 Å². The highest BCUT2D eigenvalue weighted by Gasteiger charge is 2.17. The van der Waals surface area contributed by atoms with E-state index in [4.69, 9.17) is 22.4 Å². The van der Waals surface area contributed by atoms with E-state index in [1.165, 1.54) is 0 Å². The van der Waals surface area contributed by atoms with E-state index in [2.05, 4.69) is 90.0 Å². The lowest BCUT2D eigenvalue weighted by molar-refractivity contribution is 0.0696. The summed E-state index contributed by atoms with van der Waals surface area (Å²) >= 11 is 5.34. The van der Waals surface area contributed by atoms with Crippen LogP contribution in [0.1, 0.15) is 101 Å². The standard InChI is InChI=1S/2C20H18N6O.C10H6ClNO.C10H13N5.C10H7NO2/c2*1-13(2)26-12-22-25-19(26)16-6-3-7-18(23-16)24-20(27)15-9-8-14-5-4-10-21-17(14)11-15;11-10(13)8-4-3-7-2-1-5-12-9(7)6-8;1-7(2)15-6-12-14-10(15)8-4-3-5-9(11)13-8;12-10(13)8-4-3-7-2-1-5-11-9(7)6-8/h2*3-13H,1-2H3,(H,23,24,27);1-6H;3-7H,1-2H3,(H2,11,13);1-6H,(H,12,13). The summed E-state index contributed by atoms with van der Waals surface area (Å²) in [5.41, 5.74) is 12.5. The maximum Gasteiger partial charge on any atom is 0.335 e. The molecule has 14 rings (SSSR count). The number of nitrogens with zero attached hydrogens (tertiary/aromatic N) is 16. The summed E-state index contributed by atoms with van der Waals surface area (Å²) in [5, 5.41) is 42.0. The van der Waals surface area contributed by atoms with Gasteiger partial charge in [0.1, 0.15) is 53.5 Å². The van der Waals surface area contributed by atoms with Gasteiger partial charge in [-0.05, 0) is 162 Å². The van der Waals surface area contributed by atoms with Crippen molar-refractivity contribution in [2.75, 3.05) is 16.4 Å².